The summed E-state index contributed by atoms with van der Waals surface area (Å²) in [6.07, 6.45) is 4.98. The van der Waals surface area contributed by atoms with Crippen molar-refractivity contribution in [3.8, 4) is 0 Å². The van der Waals surface area contributed by atoms with Crippen LogP contribution in [0.2, 0.25) is 0 Å². The van der Waals surface area contributed by atoms with Crippen molar-refractivity contribution in [1.82, 2.24) is 10.3 Å². The highest BCUT2D eigenvalue weighted by Crippen LogP contribution is 2.24. The molecule has 0 spiro atoms. The molecular formula is C15H17FN2S. The predicted molar refractivity (Wildman–Crippen MR) is 77.9 cm³/mol. The first-order chi connectivity index (χ1) is 9.24. The minimum atomic E-state index is -0.305. The first-order valence-electron chi connectivity index (χ1n) is 6.22. The first-order valence-corrected chi connectivity index (χ1v) is 7.45. The molecule has 0 saturated carbocycles. The van der Waals surface area contributed by atoms with Gasteiger partial charge in [0.15, 0.2) is 0 Å². The summed E-state index contributed by atoms with van der Waals surface area (Å²) in [4.78, 5) is 5.15. The molecule has 2 nitrogen and oxygen atoms in total. The highest BCUT2D eigenvalue weighted by molar-refractivity contribution is 7.98. The smallest absolute Gasteiger partial charge is 0.141 e. The molecule has 2 rings (SSSR count). The van der Waals surface area contributed by atoms with Crippen LogP contribution in [0.4, 0.5) is 4.39 Å². The Morgan fingerprint density at radius 3 is 2.53 bits per heavy atom. The molecule has 0 bridgehead atoms. The fourth-order valence-electron chi connectivity index (χ4n) is 2.01. The maximum absolute atomic E-state index is 13.3. The van der Waals surface area contributed by atoms with Gasteiger partial charge in [-0.15, -0.1) is 11.8 Å². The van der Waals surface area contributed by atoms with Crippen molar-refractivity contribution < 1.29 is 4.39 Å². The summed E-state index contributed by atoms with van der Waals surface area (Å²) in [7, 11) is 0. The highest BCUT2D eigenvalue weighted by Gasteiger charge is 2.13. The zero-order valence-corrected chi connectivity index (χ0v) is 11.9. The molecule has 0 aliphatic heterocycles. The number of hydrogen-bond donors (Lipinski definition) is 1. The summed E-state index contributed by atoms with van der Waals surface area (Å²) >= 11 is 1.71. The van der Waals surface area contributed by atoms with Crippen molar-refractivity contribution in [1.29, 1.82) is 0 Å². The molecule has 2 aromatic rings. The van der Waals surface area contributed by atoms with Crippen molar-refractivity contribution in [2.24, 2.45) is 0 Å². The van der Waals surface area contributed by atoms with Gasteiger partial charge >= 0.3 is 0 Å². The molecule has 0 radical (unpaired) electrons. The molecule has 1 aromatic carbocycles. The van der Waals surface area contributed by atoms with Crippen LogP contribution < -0.4 is 5.32 Å². The number of thioether (sulfide) groups is 1. The molecule has 0 saturated heterocycles. The Morgan fingerprint density at radius 1 is 1.21 bits per heavy atom. The van der Waals surface area contributed by atoms with E-state index in [1.807, 2.05) is 13.2 Å². The van der Waals surface area contributed by atoms with Crippen LogP contribution >= 0.6 is 11.8 Å². The van der Waals surface area contributed by atoms with Gasteiger partial charge in [-0.25, -0.2) is 4.39 Å². The molecule has 0 aliphatic carbocycles. The number of halogens is 1. The van der Waals surface area contributed by atoms with Gasteiger partial charge in [0, 0.05) is 11.1 Å². The summed E-state index contributed by atoms with van der Waals surface area (Å²) in [6, 6.07) is 9.81. The first kappa shape index (κ1) is 14.0. The Labute approximate surface area is 117 Å². The standard InChI is InChI=1S/C15H17FN2S/c1-3-18-15(12-8-13(16)10-17-9-12)11-4-6-14(19-2)7-5-11/h4-10,15,18H,3H2,1-2H3. The summed E-state index contributed by atoms with van der Waals surface area (Å²) in [5, 5.41) is 3.37. The average molecular weight is 276 g/mol. The van der Waals surface area contributed by atoms with Crippen molar-refractivity contribution in [3.63, 3.8) is 0 Å². The van der Waals surface area contributed by atoms with Gasteiger partial charge in [-0.3, -0.25) is 4.98 Å². The number of aromatic nitrogens is 1. The lowest BCUT2D eigenvalue weighted by Crippen LogP contribution is -2.22. The lowest BCUT2D eigenvalue weighted by atomic mass is 10.0. The Hall–Kier alpha value is -1.39. The third-order valence-corrected chi connectivity index (χ3v) is 3.66. The minimum Gasteiger partial charge on any atom is -0.306 e. The molecule has 1 aromatic heterocycles. The second-order valence-corrected chi connectivity index (χ2v) is 5.08. The number of rotatable bonds is 5. The molecule has 100 valence electrons. The quantitative estimate of drug-likeness (QED) is 0.844. The second-order valence-electron chi connectivity index (χ2n) is 4.20. The zero-order chi connectivity index (χ0) is 13.7. The fraction of sp³-hybridized carbons (Fsp3) is 0.267. The van der Waals surface area contributed by atoms with Crippen molar-refractivity contribution in [3.05, 3.63) is 59.7 Å². The van der Waals surface area contributed by atoms with Gasteiger partial charge in [-0.05, 0) is 42.1 Å². The van der Waals surface area contributed by atoms with Crippen molar-refractivity contribution in [2.45, 2.75) is 17.9 Å². The Morgan fingerprint density at radius 2 is 1.95 bits per heavy atom. The molecule has 0 amide bonds. The zero-order valence-electron chi connectivity index (χ0n) is 11.1. The van der Waals surface area contributed by atoms with E-state index in [1.54, 1.807) is 18.0 Å². The van der Waals surface area contributed by atoms with E-state index >= 15 is 0 Å². The molecule has 0 aliphatic rings. The van der Waals surface area contributed by atoms with Gasteiger partial charge in [-0.2, -0.15) is 0 Å². The van der Waals surface area contributed by atoms with Crippen LogP contribution in [0.3, 0.4) is 0 Å². The molecule has 4 heteroatoms. The average Bonchev–Trinajstić information content (AvgIpc) is 2.45. The topological polar surface area (TPSA) is 24.9 Å². The summed E-state index contributed by atoms with van der Waals surface area (Å²) in [5.41, 5.74) is 1.96. The molecule has 1 unspecified atom stereocenters. The second kappa shape index (κ2) is 6.68. The number of nitrogens with zero attached hydrogens (tertiary/aromatic N) is 1. The van der Waals surface area contributed by atoms with E-state index < -0.39 is 0 Å². The Kier molecular flexibility index (Phi) is 4.93. The lowest BCUT2D eigenvalue weighted by molar-refractivity contribution is 0.596. The van der Waals surface area contributed by atoms with E-state index in [-0.39, 0.29) is 11.9 Å². The lowest BCUT2D eigenvalue weighted by Gasteiger charge is -2.18. The number of pyridine rings is 1. The van der Waals surface area contributed by atoms with Crippen LogP contribution in [-0.2, 0) is 0 Å². The maximum Gasteiger partial charge on any atom is 0.141 e. The van der Waals surface area contributed by atoms with Crippen molar-refractivity contribution >= 4 is 11.8 Å². The molecule has 1 atom stereocenters. The van der Waals surface area contributed by atoms with Gasteiger partial charge in [-0.1, -0.05) is 19.1 Å². The largest absolute Gasteiger partial charge is 0.306 e. The van der Waals surface area contributed by atoms with Gasteiger partial charge in [0.05, 0.1) is 12.2 Å². The predicted octanol–water partition coefficient (Wildman–Crippen LogP) is 3.64. The number of benzene rings is 1. The molecular weight excluding hydrogens is 259 g/mol. The van der Waals surface area contributed by atoms with Crippen LogP contribution in [0.5, 0.6) is 0 Å². The minimum absolute atomic E-state index is 0.0240. The van der Waals surface area contributed by atoms with Crippen LogP contribution in [0.15, 0.2) is 47.6 Å². The third kappa shape index (κ3) is 3.55. The molecule has 0 fully saturated rings. The molecule has 1 N–H and O–H groups in total. The van der Waals surface area contributed by atoms with E-state index in [4.69, 9.17) is 0 Å². The van der Waals surface area contributed by atoms with E-state index in [1.165, 1.54) is 17.2 Å². The summed E-state index contributed by atoms with van der Waals surface area (Å²) in [5.74, 6) is -0.305. The normalized spacial score (nSPS) is 12.4. The maximum atomic E-state index is 13.3. The SMILES string of the molecule is CCNC(c1ccc(SC)cc1)c1cncc(F)c1. The fourth-order valence-corrected chi connectivity index (χ4v) is 2.42. The van der Waals surface area contributed by atoms with Crippen LogP contribution in [0, 0.1) is 5.82 Å². The van der Waals surface area contributed by atoms with E-state index in [2.05, 4.69) is 34.6 Å². The molecule has 1 heterocycles. The Bertz CT molecular complexity index is 528. The number of nitrogens with one attached hydrogen (secondary N) is 1. The highest BCUT2D eigenvalue weighted by atomic mass is 32.2. The summed E-state index contributed by atoms with van der Waals surface area (Å²) in [6.45, 7) is 2.85. The van der Waals surface area contributed by atoms with E-state index in [0.717, 1.165) is 17.7 Å². The van der Waals surface area contributed by atoms with E-state index in [0.29, 0.717) is 0 Å². The Balaban J connectivity index is 2.33. The van der Waals surface area contributed by atoms with Gasteiger partial charge in [0.1, 0.15) is 5.82 Å². The molecule has 19 heavy (non-hydrogen) atoms. The van der Waals surface area contributed by atoms with Crippen LogP contribution in [0.1, 0.15) is 24.1 Å². The van der Waals surface area contributed by atoms with Crippen LogP contribution in [0.25, 0.3) is 0 Å². The van der Waals surface area contributed by atoms with Crippen LogP contribution in [-0.4, -0.2) is 17.8 Å². The number of hydrogen-bond acceptors (Lipinski definition) is 3. The summed E-state index contributed by atoms with van der Waals surface area (Å²) < 4.78 is 13.3. The monoisotopic (exact) mass is 276 g/mol. The van der Waals surface area contributed by atoms with E-state index in [9.17, 15) is 4.39 Å². The van der Waals surface area contributed by atoms with Gasteiger partial charge in [0.2, 0.25) is 0 Å². The van der Waals surface area contributed by atoms with Gasteiger partial charge < -0.3 is 5.32 Å². The third-order valence-electron chi connectivity index (χ3n) is 2.92. The van der Waals surface area contributed by atoms with Gasteiger partial charge in [0.25, 0.3) is 0 Å². The van der Waals surface area contributed by atoms with Crippen molar-refractivity contribution in [2.75, 3.05) is 12.8 Å².